The molecule has 1 aromatic carbocycles. The van der Waals surface area contributed by atoms with Gasteiger partial charge in [0, 0.05) is 11.0 Å². The van der Waals surface area contributed by atoms with Gasteiger partial charge in [-0.2, -0.15) is 11.8 Å². The first-order chi connectivity index (χ1) is 8.57. The van der Waals surface area contributed by atoms with Crippen molar-refractivity contribution < 1.29 is 9.53 Å². The number of primary amides is 1. The summed E-state index contributed by atoms with van der Waals surface area (Å²) in [6, 6.07) is 7.57. The lowest BCUT2D eigenvalue weighted by atomic mass is 9.95. The summed E-state index contributed by atoms with van der Waals surface area (Å²) >= 11 is 1.76. The number of carbonyl (C=O) groups is 1. The number of hydrogen-bond acceptors (Lipinski definition) is 4. The van der Waals surface area contributed by atoms with Crippen LogP contribution in [0.25, 0.3) is 0 Å². The average Bonchev–Trinajstić information content (AvgIpc) is 2.73. The zero-order chi connectivity index (χ0) is 13.2. The molecule has 5 heteroatoms. The van der Waals surface area contributed by atoms with Gasteiger partial charge in [-0.3, -0.25) is 4.79 Å². The molecule has 4 nitrogen and oxygen atoms in total. The van der Waals surface area contributed by atoms with Gasteiger partial charge >= 0.3 is 0 Å². The molecule has 2 rings (SSSR count). The van der Waals surface area contributed by atoms with Crippen LogP contribution in [0.5, 0.6) is 5.75 Å². The van der Waals surface area contributed by atoms with Gasteiger partial charge in [-0.1, -0.05) is 19.1 Å². The number of para-hydroxylation sites is 2. The van der Waals surface area contributed by atoms with E-state index >= 15 is 0 Å². The largest absolute Gasteiger partial charge is 0.495 e. The molecule has 1 aromatic rings. The summed E-state index contributed by atoms with van der Waals surface area (Å²) in [6.45, 7) is 2.11. The molecule has 1 fully saturated rings. The molecule has 0 aliphatic carbocycles. The fourth-order valence-corrected chi connectivity index (χ4v) is 3.52. The number of anilines is 1. The number of benzene rings is 1. The van der Waals surface area contributed by atoms with E-state index in [-0.39, 0.29) is 5.91 Å². The molecule has 1 heterocycles. The normalized spacial score (nSPS) is 26.9. The first kappa shape index (κ1) is 13.1. The molecule has 2 unspecified atom stereocenters. The Morgan fingerprint density at radius 3 is 2.83 bits per heavy atom. The molecular weight excluding hydrogens is 248 g/mol. The van der Waals surface area contributed by atoms with E-state index in [4.69, 9.17) is 10.5 Å². The van der Waals surface area contributed by atoms with E-state index in [0.29, 0.717) is 11.0 Å². The Kier molecular flexibility index (Phi) is 3.71. The van der Waals surface area contributed by atoms with Crippen molar-refractivity contribution in [1.82, 2.24) is 0 Å². The number of nitrogens with one attached hydrogen (secondary N) is 1. The van der Waals surface area contributed by atoms with Crippen molar-refractivity contribution >= 4 is 23.4 Å². The maximum atomic E-state index is 11.8. The molecular formula is C13H18N2O2S. The first-order valence-corrected chi connectivity index (χ1v) is 6.95. The smallest absolute Gasteiger partial charge is 0.244 e. The molecule has 0 bridgehead atoms. The minimum absolute atomic E-state index is 0.301. The molecule has 98 valence electrons. The zero-order valence-electron chi connectivity index (χ0n) is 10.6. The highest BCUT2D eigenvalue weighted by Gasteiger charge is 2.43. The second-order valence-electron chi connectivity index (χ2n) is 4.60. The fraction of sp³-hybridized carbons (Fsp3) is 0.462. The van der Waals surface area contributed by atoms with Crippen LogP contribution in [0, 0.1) is 0 Å². The van der Waals surface area contributed by atoms with E-state index in [0.717, 1.165) is 17.9 Å². The second-order valence-corrected chi connectivity index (χ2v) is 6.02. The van der Waals surface area contributed by atoms with Gasteiger partial charge in [-0.15, -0.1) is 0 Å². The number of rotatable bonds is 4. The number of hydrogen-bond donors (Lipinski definition) is 2. The Morgan fingerprint density at radius 1 is 1.56 bits per heavy atom. The summed E-state index contributed by atoms with van der Waals surface area (Å²) in [5, 5.41) is 3.71. The van der Waals surface area contributed by atoms with Crippen molar-refractivity contribution in [2.75, 3.05) is 18.2 Å². The predicted octanol–water partition coefficient (Wildman–Crippen LogP) is 1.86. The van der Waals surface area contributed by atoms with Gasteiger partial charge in [0.2, 0.25) is 5.91 Å². The van der Waals surface area contributed by atoms with Crippen molar-refractivity contribution in [3.63, 3.8) is 0 Å². The molecule has 1 saturated heterocycles. The van der Waals surface area contributed by atoms with E-state index in [1.165, 1.54) is 0 Å². The Labute approximate surface area is 111 Å². The molecule has 0 radical (unpaired) electrons. The standard InChI is InChI=1S/C13H18N2O2S/c1-9-7-13(8-18-9,12(14)16)15-10-5-3-4-6-11(10)17-2/h3-6,9,15H,7-8H2,1-2H3,(H2,14,16). The van der Waals surface area contributed by atoms with Gasteiger partial charge in [-0.25, -0.2) is 0 Å². The quantitative estimate of drug-likeness (QED) is 0.873. The lowest BCUT2D eigenvalue weighted by Crippen LogP contribution is -2.51. The van der Waals surface area contributed by atoms with E-state index in [2.05, 4.69) is 12.2 Å². The van der Waals surface area contributed by atoms with Crippen LogP contribution in [-0.4, -0.2) is 29.6 Å². The molecule has 1 aliphatic rings. The maximum absolute atomic E-state index is 11.8. The van der Waals surface area contributed by atoms with E-state index < -0.39 is 5.54 Å². The number of thioether (sulfide) groups is 1. The van der Waals surface area contributed by atoms with E-state index in [1.807, 2.05) is 24.3 Å². The Morgan fingerprint density at radius 2 is 2.28 bits per heavy atom. The van der Waals surface area contributed by atoms with Crippen molar-refractivity contribution in [3.8, 4) is 5.75 Å². The number of amides is 1. The van der Waals surface area contributed by atoms with E-state index in [9.17, 15) is 4.79 Å². The van der Waals surface area contributed by atoms with Gasteiger partial charge in [0.25, 0.3) is 0 Å². The molecule has 1 aliphatic heterocycles. The molecule has 0 aromatic heterocycles. The highest BCUT2D eigenvalue weighted by molar-refractivity contribution is 8.00. The second kappa shape index (κ2) is 5.10. The lowest BCUT2D eigenvalue weighted by Gasteiger charge is -2.28. The van der Waals surface area contributed by atoms with Crippen LogP contribution in [0.3, 0.4) is 0 Å². The van der Waals surface area contributed by atoms with Crippen LogP contribution in [0.1, 0.15) is 13.3 Å². The van der Waals surface area contributed by atoms with Gasteiger partial charge < -0.3 is 15.8 Å². The highest BCUT2D eigenvalue weighted by Crippen LogP contribution is 2.38. The third kappa shape index (κ3) is 2.41. The number of ether oxygens (including phenoxy) is 1. The minimum Gasteiger partial charge on any atom is -0.495 e. The monoisotopic (exact) mass is 266 g/mol. The third-order valence-electron chi connectivity index (χ3n) is 3.20. The van der Waals surface area contributed by atoms with Crippen LogP contribution in [0.4, 0.5) is 5.69 Å². The molecule has 3 N–H and O–H groups in total. The van der Waals surface area contributed by atoms with Gasteiger partial charge in [-0.05, 0) is 18.6 Å². The van der Waals surface area contributed by atoms with Crippen molar-refractivity contribution in [1.29, 1.82) is 0 Å². The minimum atomic E-state index is -0.668. The summed E-state index contributed by atoms with van der Waals surface area (Å²) < 4.78 is 5.29. The van der Waals surface area contributed by atoms with Crippen molar-refractivity contribution in [2.45, 2.75) is 24.1 Å². The molecule has 2 atom stereocenters. The molecule has 18 heavy (non-hydrogen) atoms. The van der Waals surface area contributed by atoms with Crippen LogP contribution < -0.4 is 15.8 Å². The van der Waals surface area contributed by atoms with Crippen LogP contribution in [-0.2, 0) is 4.79 Å². The van der Waals surface area contributed by atoms with E-state index in [1.54, 1.807) is 18.9 Å². The SMILES string of the molecule is COc1ccccc1NC1(C(N)=O)CSC(C)C1. The number of nitrogens with two attached hydrogens (primary N) is 1. The summed E-state index contributed by atoms with van der Waals surface area (Å²) in [4.78, 5) is 11.8. The summed E-state index contributed by atoms with van der Waals surface area (Å²) in [5.74, 6) is 1.12. The van der Waals surface area contributed by atoms with Crippen molar-refractivity contribution in [2.24, 2.45) is 5.73 Å². The average molecular weight is 266 g/mol. The van der Waals surface area contributed by atoms with Crippen LogP contribution in [0.2, 0.25) is 0 Å². The Bertz CT molecular complexity index is 452. The van der Waals surface area contributed by atoms with Gasteiger partial charge in [0.05, 0.1) is 12.8 Å². The summed E-state index contributed by atoms with van der Waals surface area (Å²) in [7, 11) is 1.61. The number of methoxy groups -OCH3 is 1. The fourth-order valence-electron chi connectivity index (χ4n) is 2.22. The summed E-state index contributed by atoms with van der Waals surface area (Å²) in [5.41, 5.74) is 5.72. The Hall–Kier alpha value is -1.36. The summed E-state index contributed by atoms with van der Waals surface area (Å²) in [6.07, 6.45) is 0.741. The molecule has 0 saturated carbocycles. The first-order valence-electron chi connectivity index (χ1n) is 5.90. The van der Waals surface area contributed by atoms with Gasteiger partial charge in [0.1, 0.15) is 11.3 Å². The molecule has 1 amide bonds. The third-order valence-corrected chi connectivity index (χ3v) is 4.60. The lowest BCUT2D eigenvalue weighted by molar-refractivity contribution is -0.121. The Balaban J connectivity index is 2.27. The van der Waals surface area contributed by atoms with Crippen molar-refractivity contribution in [3.05, 3.63) is 24.3 Å². The van der Waals surface area contributed by atoms with Crippen LogP contribution in [0.15, 0.2) is 24.3 Å². The number of carbonyl (C=O) groups excluding carboxylic acids is 1. The highest BCUT2D eigenvalue weighted by atomic mass is 32.2. The van der Waals surface area contributed by atoms with Gasteiger partial charge in [0.15, 0.2) is 0 Å². The zero-order valence-corrected chi connectivity index (χ0v) is 11.4. The van der Waals surface area contributed by atoms with Crippen LogP contribution >= 0.6 is 11.8 Å². The molecule has 0 spiro atoms. The topological polar surface area (TPSA) is 64.3 Å². The maximum Gasteiger partial charge on any atom is 0.244 e. The predicted molar refractivity (Wildman–Crippen MR) is 75.1 cm³/mol.